The summed E-state index contributed by atoms with van der Waals surface area (Å²) in [4.78, 5) is 53.6. The largest absolute Gasteiger partial charge is 0.537 e. The second-order valence-corrected chi connectivity index (χ2v) is 7.27. The van der Waals surface area contributed by atoms with E-state index in [1.54, 1.807) is 18.3 Å². The van der Waals surface area contributed by atoms with Gasteiger partial charge >= 0.3 is 15.6 Å². The van der Waals surface area contributed by atoms with Crippen molar-refractivity contribution in [2.45, 2.75) is 0 Å². The van der Waals surface area contributed by atoms with Crippen LogP contribution in [0.15, 0.2) is 37.2 Å². The summed E-state index contributed by atoms with van der Waals surface area (Å²) >= 11 is 0. The van der Waals surface area contributed by atoms with Crippen molar-refractivity contribution in [2.75, 3.05) is 0 Å². The van der Waals surface area contributed by atoms with Crippen molar-refractivity contribution >= 4 is 32.7 Å². The maximum atomic E-state index is 11.3. The molecule has 0 aliphatic heterocycles. The number of nitrogens with two attached hydrogens (primary N) is 1. The number of hydrogen-bond acceptors (Lipinski definition) is 9. The molecule has 0 aromatic carbocycles. The predicted molar refractivity (Wildman–Crippen MR) is 88.0 cm³/mol. The summed E-state index contributed by atoms with van der Waals surface area (Å²) in [5.74, 6) is -0.861. The highest BCUT2D eigenvalue weighted by Crippen LogP contribution is 2.57. The number of amides is 1. The number of aromatic amines is 1. The summed E-state index contributed by atoms with van der Waals surface area (Å²) in [7, 11) is -10.2. The molecule has 144 valence electrons. The number of fused-ring (bicyclic) bond motifs is 1. The van der Waals surface area contributed by atoms with Gasteiger partial charge < -0.3 is 25.0 Å². The van der Waals surface area contributed by atoms with Crippen LogP contribution in [-0.4, -0.2) is 45.5 Å². The van der Waals surface area contributed by atoms with E-state index in [0.29, 0.717) is 5.56 Å². The lowest BCUT2D eigenvalue weighted by Gasteiger charge is -2.12. The number of nitrogens with one attached hydrogen (secondary N) is 1. The molecule has 3 rings (SSSR count). The average Bonchev–Trinajstić information content (AvgIpc) is 3.03. The van der Waals surface area contributed by atoms with Gasteiger partial charge in [0.1, 0.15) is 11.8 Å². The van der Waals surface area contributed by atoms with Crippen LogP contribution in [0.25, 0.3) is 11.2 Å². The fourth-order valence-electron chi connectivity index (χ4n) is 1.58. The summed E-state index contributed by atoms with van der Waals surface area (Å²) in [6.45, 7) is 0. The lowest BCUT2D eigenvalue weighted by atomic mass is 10.3. The Morgan fingerprint density at radius 3 is 2.48 bits per heavy atom. The minimum Gasteiger partial charge on any atom is -0.383 e. The zero-order valence-electron chi connectivity index (χ0n) is 13.1. The number of H-pyrrole nitrogens is 1. The Bertz CT molecular complexity index is 1020. The Hall–Kier alpha value is -2.73. The van der Waals surface area contributed by atoms with E-state index in [2.05, 4.69) is 33.8 Å². The average molecular weight is 418 g/mol. The number of aromatic nitrogens is 5. The number of phosphoric acid groups is 2. The zero-order chi connectivity index (χ0) is 20.1. The maximum Gasteiger partial charge on any atom is 0.537 e. The van der Waals surface area contributed by atoms with E-state index in [9.17, 15) is 13.9 Å². The van der Waals surface area contributed by atoms with E-state index >= 15 is 0 Å². The van der Waals surface area contributed by atoms with Gasteiger partial charge in [-0.1, -0.05) is 0 Å². The molecule has 1 amide bonds. The molecular formula is C11H12N6O8P2. The van der Waals surface area contributed by atoms with Gasteiger partial charge in [0, 0.05) is 12.4 Å². The number of hydrogen-bond donors (Lipinski definition) is 5. The number of pyridine rings is 1. The third-order valence-electron chi connectivity index (χ3n) is 2.55. The molecule has 0 saturated heterocycles. The molecule has 3 aromatic rings. The Morgan fingerprint density at radius 2 is 1.93 bits per heavy atom. The molecule has 0 aliphatic rings. The first-order valence-electron chi connectivity index (χ1n) is 6.70. The first-order chi connectivity index (χ1) is 12.6. The quantitative estimate of drug-likeness (QED) is 0.348. The molecule has 27 heavy (non-hydrogen) atoms. The summed E-state index contributed by atoms with van der Waals surface area (Å²) in [5, 5.41) is 0. The number of rotatable bonds is 5. The minimum absolute atomic E-state index is 0.0843. The monoisotopic (exact) mass is 418 g/mol. The van der Waals surface area contributed by atoms with E-state index in [1.807, 2.05) is 0 Å². The van der Waals surface area contributed by atoms with Crippen LogP contribution >= 0.6 is 15.6 Å². The van der Waals surface area contributed by atoms with Crippen LogP contribution in [-0.2, 0) is 13.4 Å². The van der Waals surface area contributed by atoms with Gasteiger partial charge in [0.15, 0.2) is 5.65 Å². The van der Waals surface area contributed by atoms with E-state index in [-0.39, 0.29) is 11.2 Å². The van der Waals surface area contributed by atoms with E-state index < -0.39 is 27.4 Å². The van der Waals surface area contributed by atoms with Gasteiger partial charge in [-0.2, -0.15) is 9.29 Å². The molecule has 1 unspecified atom stereocenters. The summed E-state index contributed by atoms with van der Waals surface area (Å²) < 4.78 is 29.8. The van der Waals surface area contributed by atoms with Crippen LogP contribution in [0, 0.1) is 0 Å². The highest BCUT2D eigenvalue weighted by atomic mass is 31.3. The van der Waals surface area contributed by atoms with Crippen molar-refractivity contribution in [1.82, 2.24) is 24.9 Å². The summed E-state index contributed by atoms with van der Waals surface area (Å²) in [6, 6.07) is 3.29. The Morgan fingerprint density at radius 1 is 1.19 bits per heavy atom. The molecule has 3 heterocycles. The smallest absolute Gasteiger partial charge is 0.383 e. The van der Waals surface area contributed by atoms with Gasteiger partial charge in [0.2, 0.25) is 5.91 Å². The number of carbonyl (C=O) groups is 1. The van der Waals surface area contributed by atoms with Crippen molar-refractivity contribution in [1.29, 1.82) is 0 Å². The van der Waals surface area contributed by atoms with Gasteiger partial charge in [-0.15, -0.1) is 0 Å². The highest BCUT2D eigenvalue weighted by molar-refractivity contribution is 7.60. The topological polar surface area (TPSA) is 224 Å². The number of phosphoric ester groups is 1. The third kappa shape index (κ3) is 6.49. The second-order valence-electron chi connectivity index (χ2n) is 4.52. The molecule has 0 fully saturated rings. The van der Waals surface area contributed by atoms with Gasteiger partial charge in [-0.25, -0.2) is 19.1 Å². The van der Waals surface area contributed by atoms with Crippen LogP contribution in [0.3, 0.4) is 0 Å². The molecule has 16 heteroatoms. The second kappa shape index (κ2) is 8.31. The maximum absolute atomic E-state index is 11.3. The molecular weight excluding hydrogens is 406 g/mol. The Labute approximate surface area is 150 Å². The molecule has 0 aliphatic carbocycles. The number of nitrogens with zero attached hydrogens (tertiary/aromatic N) is 4. The molecule has 6 N–H and O–H groups in total. The molecule has 0 spiro atoms. The van der Waals surface area contributed by atoms with Crippen LogP contribution in [0.5, 0.6) is 5.88 Å². The van der Waals surface area contributed by atoms with E-state index in [4.69, 9.17) is 20.4 Å². The van der Waals surface area contributed by atoms with E-state index in [0.717, 1.165) is 6.33 Å². The minimum atomic E-state index is -5.18. The Balaban J connectivity index is 0.000000244. The van der Waals surface area contributed by atoms with Crippen molar-refractivity contribution in [3.8, 4) is 5.88 Å². The van der Waals surface area contributed by atoms with Gasteiger partial charge in [-0.05, 0) is 12.1 Å². The molecule has 1 atom stereocenters. The fraction of sp³-hybridized carbons (Fsp3) is 0. The molecule has 14 nitrogen and oxygen atoms in total. The number of primary amides is 1. The third-order valence-corrected chi connectivity index (χ3v) is 4.63. The van der Waals surface area contributed by atoms with Gasteiger partial charge in [0.05, 0.1) is 11.9 Å². The zero-order valence-corrected chi connectivity index (χ0v) is 14.9. The van der Waals surface area contributed by atoms with Gasteiger partial charge in [0.25, 0.3) is 5.88 Å². The lowest BCUT2D eigenvalue weighted by Crippen LogP contribution is -2.10. The SMILES string of the molecule is NC(=O)c1cccnc1.O=P(O)(O)OP(=O)(O)Oc1ncnc2nc[nH]c12. The van der Waals surface area contributed by atoms with Crippen molar-refractivity contribution in [3.63, 3.8) is 0 Å². The Kier molecular flexibility index (Phi) is 6.33. The first-order valence-corrected chi connectivity index (χ1v) is 9.73. The summed E-state index contributed by atoms with van der Waals surface area (Å²) in [5.41, 5.74) is 5.61. The lowest BCUT2D eigenvalue weighted by molar-refractivity contribution is 0.0999. The molecule has 0 saturated carbocycles. The molecule has 0 radical (unpaired) electrons. The summed E-state index contributed by atoms with van der Waals surface area (Å²) in [6.07, 6.45) is 5.25. The predicted octanol–water partition coefficient (Wildman–Crippen LogP) is 0.122. The number of imidazole rings is 1. The van der Waals surface area contributed by atoms with Crippen molar-refractivity contribution < 1.29 is 37.4 Å². The molecule has 3 aromatic heterocycles. The van der Waals surface area contributed by atoms with Crippen LogP contribution in [0.1, 0.15) is 10.4 Å². The fourth-order valence-corrected chi connectivity index (χ4v) is 3.15. The standard InChI is InChI=1S/C6H6N2O.C5H6N4O7P2/c7-6(9)5-2-1-3-8-4-5;10-17(11,12)16-18(13,14)15-5-3-4(7-1-6-3)8-2-9-5/h1-4H,(H2,7,9);1-2H,(H,13,14)(H2,10,11,12)(H,6,7,8,9). The van der Waals surface area contributed by atoms with Gasteiger partial charge in [-0.3, -0.25) is 14.7 Å². The van der Waals surface area contributed by atoms with Crippen molar-refractivity contribution in [2.24, 2.45) is 5.73 Å². The van der Waals surface area contributed by atoms with Crippen molar-refractivity contribution in [3.05, 3.63) is 42.7 Å². The van der Waals surface area contributed by atoms with E-state index in [1.165, 1.54) is 12.5 Å². The first kappa shape index (κ1) is 20.6. The van der Waals surface area contributed by atoms with Crippen LogP contribution < -0.4 is 10.3 Å². The van der Waals surface area contributed by atoms with Crippen LogP contribution in [0.2, 0.25) is 0 Å². The molecule has 0 bridgehead atoms. The number of carbonyl (C=O) groups excluding carboxylic acids is 1. The highest BCUT2D eigenvalue weighted by Gasteiger charge is 2.35. The van der Waals surface area contributed by atoms with Crippen LogP contribution in [0.4, 0.5) is 0 Å². The normalized spacial score (nSPS) is 13.3.